The average Bonchev–Trinajstić information content (AvgIpc) is 2.00. The largest absolute Gasteiger partial charge is 0.393 e. The molecule has 0 aromatic heterocycles. The van der Waals surface area contributed by atoms with Crippen molar-refractivity contribution in [2.75, 3.05) is 5.75 Å². The summed E-state index contributed by atoms with van der Waals surface area (Å²) in [5, 5.41) is 9.94. The summed E-state index contributed by atoms with van der Waals surface area (Å²) in [4.78, 5) is 0. The smallest absolute Gasteiger partial charge is 0.171 e. The van der Waals surface area contributed by atoms with Gasteiger partial charge in [-0.2, -0.15) is 0 Å². The van der Waals surface area contributed by atoms with Crippen LogP contribution in [0, 0.1) is 0 Å². The van der Waals surface area contributed by atoms with Gasteiger partial charge in [-0.05, 0) is 12.8 Å². The van der Waals surface area contributed by atoms with Crippen LogP contribution in [0.2, 0.25) is 0 Å². The first-order valence-corrected chi connectivity index (χ1v) is 5.26. The number of aliphatic hydroxyl groups is 1. The Morgan fingerprint density at radius 2 is 2.18 bits per heavy atom. The van der Waals surface area contributed by atoms with Gasteiger partial charge in [-0.25, -0.2) is 8.42 Å². The molecule has 0 spiro atoms. The molecule has 0 radical (unpaired) electrons. The summed E-state index contributed by atoms with van der Waals surface area (Å²) in [5.74, 6) is -0.00843. The first-order chi connectivity index (χ1) is 5.02. The molecule has 0 bridgehead atoms. The highest BCUT2D eigenvalue weighted by Crippen LogP contribution is 2.01. The van der Waals surface area contributed by atoms with Crippen LogP contribution in [0.25, 0.3) is 0 Å². The third-order valence-electron chi connectivity index (χ3n) is 1.46. The van der Waals surface area contributed by atoms with Crippen LogP contribution >= 0.6 is 0 Å². The highest BCUT2D eigenvalue weighted by molar-refractivity contribution is 7.94. The summed E-state index contributed by atoms with van der Waals surface area (Å²) >= 11 is 0. The van der Waals surface area contributed by atoms with Crippen molar-refractivity contribution < 1.29 is 13.5 Å². The van der Waals surface area contributed by atoms with E-state index in [2.05, 4.69) is 6.58 Å². The van der Waals surface area contributed by atoms with Crippen molar-refractivity contribution in [1.29, 1.82) is 0 Å². The van der Waals surface area contributed by atoms with Crippen LogP contribution in [0.15, 0.2) is 12.0 Å². The average molecular weight is 178 g/mol. The highest BCUT2D eigenvalue weighted by Gasteiger charge is 2.08. The van der Waals surface area contributed by atoms with Crippen molar-refractivity contribution >= 4 is 9.84 Å². The minimum Gasteiger partial charge on any atom is -0.393 e. The van der Waals surface area contributed by atoms with Crippen molar-refractivity contribution in [2.45, 2.75) is 25.9 Å². The number of sulfone groups is 1. The lowest BCUT2D eigenvalue weighted by Crippen LogP contribution is -2.11. The zero-order valence-corrected chi connectivity index (χ0v) is 7.47. The van der Waals surface area contributed by atoms with Gasteiger partial charge in [-0.1, -0.05) is 13.5 Å². The van der Waals surface area contributed by atoms with Gasteiger partial charge in [0, 0.05) is 5.41 Å². The van der Waals surface area contributed by atoms with Gasteiger partial charge >= 0.3 is 0 Å². The van der Waals surface area contributed by atoms with E-state index in [4.69, 9.17) is 5.11 Å². The van der Waals surface area contributed by atoms with Crippen molar-refractivity contribution in [3.63, 3.8) is 0 Å². The molecule has 0 rings (SSSR count). The molecule has 0 aromatic rings. The molecule has 1 atom stereocenters. The Hall–Kier alpha value is -0.350. The fourth-order valence-corrected chi connectivity index (χ4v) is 1.36. The molecule has 1 N–H and O–H groups in total. The van der Waals surface area contributed by atoms with E-state index in [1.54, 1.807) is 0 Å². The van der Waals surface area contributed by atoms with Crippen LogP contribution < -0.4 is 0 Å². The van der Waals surface area contributed by atoms with Crippen LogP contribution in [-0.2, 0) is 9.84 Å². The summed E-state index contributed by atoms with van der Waals surface area (Å²) in [6.07, 6.45) is 0.377. The molecule has 0 amide bonds. The molecule has 4 heteroatoms. The molecule has 1 unspecified atom stereocenters. The predicted octanol–water partition coefficient (Wildman–Crippen LogP) is 0.706. The summed E-state index contributed by atoms with van der Waals surface area (Å²) in [7, 11) is -3.12. The summed E-state index contributed by atoms with van der Waals surface area (Å²) in [6, 6.07) is 0. The second kappa shape index (κ2) is 4.51. The molecule has 0 aliphatic carbocycles. The van der Waals surface area contributed by atoms with Crippen molar-refractivity contribution in [1.82, 2.24) is 0 Å². The lowest BCUT2D eigenvalue weighted by molar-refractivity contribution is 0.167. The maximum absolute atomic E-state index is 10.8. The Kier molecular flexibility index (Phi) is 4.37. The first kappa shape index (κ1) is 10.7. The molecule has 0 heterocycles. The van der Waals surface area contributed by atoms with Crippen molar-refractivity contribution in [3.8, 4) is 0 Å². The number of hydrogen-bond acceptors (Lipinski definition) is 3. The molecule has 0 aliphatic rings. The lowest BCUT2D eigenvalue weighted by Gasteiger charge is -2.04. The van der Waals surface area contributed by atoms with E-state index in [9.17, 15) is 8.42 Å². The van der Waals surface area contributed by atoms with E-state index >= 15 is 0 Å². The van der Waals surface area contributed by atoms with Crippen LogP contribution in [-0.4, -0.2) is 25.4 Å². The standard InChI is InChI=1S/C7H14O3S/c1-3-7(8)5-6-11(9,10)4-2/h4,7-8H,2-3,5-6H2,1H3. The molecule has 0 saturated carbocycles. The zero-order chi connectivity index (χ0) is 8.91. The highest BCUT2D eigenvalue weighted by atomic mass is 32.2. The van der Waals surface area contributed by atoms with Gasteiger partial charge < -0.3 is 5.11 Å². The van der Waals surface area contributed by atoms with Crippen LogP contribution in [0.4, 0.5) is 0 Å². The summed E-state index contributed by atoms with van der Waals surface area (Å²) in [6.45, 7) is 4.98. The van der Waals surface area contributed by atoms with E-state index < -0.39 is 15.9 Å². The number of hydrogen-bond donors (Lipinski definition) is 1. The SMILES string of the molecule is C=CS(=O)(=O)CCC(O)CC. The van der Waals surface area contributed by atoms with Crippen molar-refractivity contribution in [3.05, 3.63) is 12.0 Å². The third-order valence-corrected chi connectivity index (χ3v) is 2.77. The van der Waals surface area contributed by atoms with Gasteiger partial charge in [0.2, 0.25) is 0 Å². The third kappa shape index (κ3) is 4.98. The molecule has 0 saturated heterocycles. The number of aliphatic hydroxyl groups excluding tert-OH is 1. The maximum Gasteiger partial charge on any atom is 0.171 e. The Balaban J connectivity index is 3.80. The van der Waals surface area contributed by atoms with Gasteiger partial charge in [0.15, 0.2) is 9.84 Å². The van der Waals surface area contributed by atoms with E-state index in [1.165, 1.54) is 0 Å². The Morgan fingerprint density at radius 3 is 2.55 bits per heavy atom. The van der Waals surface area contributed by atoms with E-state index in [-0.39, 0.29) is 5.75 Å². The second-order valence-corrected chi connectivity index (χ2v) is 4.45. The molecule has 11 heavy (non-hydrogen) atoms. The monoisotopic (exact) mass is 178 g/mol. The Morgan fingerprint density at radius 1 is 1.64 bits per heavy atom. The summed E-state index contributed by atoms with van der Waals surface area (Å²) < 4.78 is 21.6. The van der Waals surface area contributed by atoms with Gasteiger partial charge in [0.25, 0.3) is 0 Å². The van der Waals surface area contributed by atoms with Gasteiger partial charge in [-0.3, -0.25) is 0 Å². The van der Waals surface area contributed by atoms with E-state index in [1.807, 2.05) is 6.92 Å². The van der Waals surface area contributed by atoms with E-state index in [0.717, 1.165) is 5.41 Å². The topological polar surface area (TPSA) is 54.4 Å². The molecule has 66 valence electrons. The second-order valence-electron chi connectivity index (χ2n) is 2.38. The van der Waals surface area contributed by atoms with Crippen molar-refractivity contribution in [2.24, 2.45) is 0 Å². The fourth-order valence-electron chi connectivity index (χ4n) is 0.588. The van der Waals surface area contributed by atoms with E-state index in [0.29, 0.717) is 12.8 Å². The molecule has 3 nitrogen and oxygen atoms in total. The van der Waals surface area contributed by atoms with Crippen LogP contribution in [0.1, 0.15) is 19.8 Å². The normalized spacial score (nSPS) is 14.4. The van der Waals surface area contributed by atoms with Gasteiger partial charge in [-0.15, -0.1) is 0 Å². The Labute approximate surface area is 67.7 Å². The quantitative estimate of drug-likeness (QED) is 0.674. The lowest BCUT2D eigenvalue weighted by atomic mass is 10.2. The van der Waals surface area contributed by atoms with Crippen LogP contribution in [0.5, 0.6) is 0 Å². The molecular formula is C7H14O3S. The Bertz CT molecular complexity index is 206. The van der Waals surface area contributed by atoms with Gasteiger partial charge in [0.1, 0.15) is 0 Å². The summed E-state index contributed by atoms with van der Waals surface area (Å²) in [5.41, 5.74) is 0. The molecule has 0 aromatic carbocycles. The fraction of sp³-hybridized carbons (Fsp3) is 0.714. The predicted molar refractivity (Wildman–Crippen MR) is 44.9 cm³/mol. The molecular weight excluding hydrogens is 164 g/mol. The minimum atomic E-state index is -3.12. The van der Waals surface area contributed by atoms with Gasteiger partial charge in [0.05, 0.1) is 11.9 Å². The first-order valence-electron chi connectivity index (χ1n) is 3.55. The van der Waals surface area contributed by atoms with Crippen LogP contribution in [0.3, 0.4) is 0 Å². The molecule has 0 aliphatic heterocycles. The number of rotatable bonds is 5. The molecule has 0 fully saturated rings. The zero-order valence-electron chi connectivity index (χ0n) is 6.66. The maximum atomic E-state index is 10.8. The minimum absolute atomic E-state index is 0.00843.